The number of rotatable bonds is 2. The van der Waals surface area contributed by atoms with E-state index < -0.39 is 0 Å². The van der Waals surface area contributed by atoms with Gasteiger partial charge in [-0.05, 0) is 17.7 Å². The van der Waals surface area contributed by atoms with E-state index in [9.17, 15) is 5.11 Å². The number of benzene rings is 1. The molecule has 0 atom stereocenters. The van der Waals surface area contributed by atoms with Gasteiger partial charge in [-0.3, -0.25) is 5.11 Å². The first-order chi connectivity index (χ1) is 5.27. The van der Waals surface area contributed by atoms with E-state index in [-0.39, 0.29) is 5.75 Å². The highest BCUT2D eigenvalue weighted by Gasteiger charge is 2.02. The molecule has 0 bridgehead atoms. The SMILES string of the molecule is COc1ccc(CN)cc1[O]. The van der Waals surface area contributed by atoms with E-state index in [1.54, 1.807) is 12.1 Å². The zero-order valence-electron chi connectivity index (χ0n) is 6.33. The Morgan fingerprint density at radius 3 is 2.73 bits per heavy atom. The van der Waals surface area contributed by atoms with E-state index in [1.165, 1.54) is 13.2 Å². The lowest BCUT2D eigenvalue weighted by atomic mass is 10.2. The van der Waals surface area contributed by atoms with Gasteiger partial charge in [0.25, 0.3) is 0 Å². The van der Waals surface area contributed by atoms with Crippen molar-refractivity contribution in [2.24, 2.45) is 5.73 Å². The molecule has 0 unspecified atom stereocenters. The molecule has 2 N–H and O–H groups in total. The molecule has 0 saturated carbocycles. The van der Waals surface area contributed by atoms with Gasteiger partial charge in [-0.1, -0.05) is 6.07 Å². The molecule has 0 aromatic heterocycles. The van der Waals surface area contributed by atoms with Crippen LogP contribution in [0, 0.1) is 0 Å². The molecular weight excluding hydrogens is 142 g/mol. The quantitative estimate of drug-likeness (QED) is 0.694. The van der Waals surface area contributed by atoms with Gasteiger partial charge >= 0.3 is 0 Å². The van der Waals surface area contributed by atoms with Crippen LogP contribution in [-0.2, 0) is 11.7 Å². The fourth-order valence-corrected chi connectivity index (χ4v) is 0.848. The summed E-state index contributed by atoms with van der Waals surface area (Å²) in [5, 5.41) is 11.0. The number of nitrogens with two attached hydrogens (primary N) is 1. The van der Waals surface area contributed by atoms with Crippen LogP contribution >= 0.6 is 0 Å². The Morgan fingerprint density at radius 2 is 2.27 bits per heavy atom. The molecular formula is C8H10NO2. The van der Waals surface area contributed by atoms with Crippen LogP contribution in [0.4, 0.5) is 0 Å². The topological polar surface area (TPSA) is 55.1 Å². The number of ether oxygens (including phenoxy) is 1. The second-order valence-corrected chi connectivity index (χ2v) is 2.19. The largest absolute Gasteiger partial charge is 0.493 e. The van der Waals surface area contributed by atoms with Gasteiger partial charge in [-0.15, -0.1) is 0 Å². The van der Waals surface area contributed by atoms with Gasteiger partial charge in [-0.25, -0.2) is 0 Å². The summed E-state index contributed by atoms with van der Waals surface area (Å²) in [5.74, 6) is 0.248. The van der Waals surface area contributed by atoms with Crippen molar-refractivity contribution in [1.82, 2.24) is 0 Å². The third-order valence-electron chi connectivity index (χ3n) is 1.46. The molecule has 1 rings (SSSR count). The lowest BCUT2D eigenvalue weighted by molar-refractivity contribution is 0.315. The molecule has 1 aromatic carbocycles. The van der Waals surface area contributed by atoms with Crippen molar-refractivity contribution in [2.75, 3.05) is 7.11 Å². The molecule has 59 valence electrons. The summed E-state index contributed by atoms with van der Waals surface area (Å²) >= 11 is 0. The minimum absolute atomic E-state index is 0.115. The van der Waals surface area contributed by atoms with Crippen LogP contribution < -0.4 is 10.5 Å². The molecule has 3 nitrogen and oxygen atoms in total. The first-order valence-electron chi connectivity index (χ1n) is 3.32. The summed E-state index contributed by atoms with van der Waals surface area (Å²) in [5.41, 5.74) is 6.16. The Hall–Kier alpha value is -1.22. The standard InChI is InChI=1S/C8H10NO2/c1-11-8-3-2-6(5-9)4-7(8)10/h2-4H,5,9H2,1H3. The van der Waals surface area contributed by atoms with E-state index in [2.05, 4.69) is 0 Å². The maximum absolute atomic E-state index is 11.0. The molecule has 1 radical (unpaired) electrons. The molecule has 11 heavy (non-hydrogen) atoms. The van der Waals surface area contributed by atoms with Crippen molar-refractivity contribution in [3.8, 4) is 11.5 Å². The number of hydrogen-bond acceptors (Lipinski definition) is 2. The Bertz CT molecular complexity index is 248. The van der Waals surface area contributed by atoms with Gasteiger partial charge in [0.15, 0.2) is 5.75 Å². The van der Waals surface area contributed by atoms with E-state index in [0.29, 0.717) is 12.3 Å². The zero-order valence-corrected chi connectivity index (χ0v) is 6.33. The van der Waals surface area contributed by atoms with Gasteiger partial charge in [0.05, 0.1) is 7.11 Å². The van der Waals surface area contributed by atoms with Gasteiger partial charge in [0.1, 0.15) is 0 Å². The molecule has 0 saturated heterocycles. The van der Waals surface area contributed by atoms with Crippen molar-refractivity contribution in [2.45, 2.75) is 6.54 Å². The molecule has 1 aromatic rings. The fourth-order valence-electron chi connectivity index (χ4n) is 0.848. The van der Waals surface area contributed by atoms with Gasteiger partial charge < -0.3 is 10.5 Å². The molecule has 0 heterocycles. The average molecular weight is 152 g/mol. The number of methoxy groups -OCH3 is 1. The van der Waals surface area contributed by atoms with Crippen LogP contribution in [0.15, 0.2) is 18.2 Å². The van der Waals surface area contributed by atoms with E-state index >= 15 is 0 Å². The van der Waals surface area contributed by atoms with Crippen molar-refractivity contribution < 1.29 is 9.84 Å². The van der Waals surface area contributed by atoms with E-state index in [1.807, 2.05) is 0 Å². The highest BCUT2D eigenvalue weighted by atomic mass is 16.5. The summed E-state index contributed by atoms with van der Waals surface area (Å²) < 4.78 is 4.79. The van der Waals surface area contributed by atoms with Crippen LogP contribution in [-0.4, -0.2) is 7.11 Å². The Labute approximate surface area is 65.4 Å². The maximum atomic E-state index is 11.0. The summed E-state index contributed by atoms with van der Waals surface area (Å²) in [6.45, 7) is 0.388. The van der Waals surface area contributed by atoms with Crippen molar-refractivity contribution in [3.05, 3.63) is 23.8 Å². The van der Waals surface area contributed by atoms with E-state index in [4.69, 9.17) is 10.5 Å². The summed E-state index contributed by atoms with van der Waals surface area (Å²) in [6.07, 6.45) is 0. The van der Waals surface area contributed by atoms with Crippen LogP contribution in [0.1, 0.15) is 5.56 Å². The van der Waals surface area contributed by atoms with Gasteiger partial charge in [0, 0.05) is 6.54 Å². The Kier molecular flexibility index (Phi) is 2.33. The summed E-state index contributed by atoms with van der Waals surface area (Å²) in [4.78, 5) is 0. The van der Waals surface area contributed by atoms with Crippen molar-refractivity contribution in [3.63, 3.8) is 0 Å². The second kappa shape index (κ2) is 3.25. The maximum Gasteiger partial charge on any atom is 0.220 e. The average Bonchev–Trinajstić information content (AvgIpc) is 2.04. The van der Waals surface area contributed by atoms with Crippen molar-refractivity contribution in [1.29, 1.82) is 0 Å². The smallest absolute Gasteiger partial charge is 0.220 e. The summed E-state index contributed by atoms with van der Waals surface area (Å²) in [6, 6.07) is 4.89. The number of hydrogen-bond donors (Lipinski definition) is 1. The fraction of sp³-hybridized carbons (Fsp3) is 0.250. The highest BCUT2D eigenvalue weighted by Crippen LogP contribution is 2.26. The van der Waals surface area contributed by atoms with Crippen LogP contribution in [0.3, 0.4) is 0 Å². The normalized spacial score (nSPS) is 9.64. The Balaban J connectivity index is 2.99. The predicted octanol–water partition coefficient (Wildman–Crippen LogP) is 1.30. The molecule has 0 fully saturated rings. The predicted molar refractivity (Wildman–Crippen MR) is 41.0 cm³/mol. The minimum Gasteiger partial charge on any atom is -0.493 e. The van der Waals surface area contributed by atoms with Crippen LogP contribution in [0.25, 0.3) is 0 Å². The summed E-state index contributed by atoms with van der Waals surface area (Å²) in [7, 11) is 1.47. The highest BCUT2D eigenvalue weighted by molar-refractivity contribution is 5.41. The molecule has 0 aliphatic heterocycles. The zero-order chi connectivity index (χ0) is 8.27. The molecule has 0 spiro atoms. The molecule has 0 amide bonds. The molecule has 0 aliphatic rings. The third-order valence-corrected chi connectivity index (χ3v) is 1.46. The lowest BCUT2D eigenvalue weighted by Crippen LogP contribution is -1.95. The van der Waals surface area contributed by atoms with Gasteiger partial charge in [-0.2, -0.15) is 0 Å². The van der Waals surface area contributed by atoms with Crippen LogP contribution in [0.5, 0.6) is 11.5 Å². The third kappa shape index (κ3) is 1.62. The van der Waals surface area contributed by atoms with Crippen molar-refractivity contribution >= 4 is 0 Å². The monoisotopic (exact) mass is 152 g/mol. The Morgan fingerprint density at radius 1 is 1.55 bits per heavy atom. The first-order valence-corrected chi connectivity index (χ1v) is 3.32. The molecule has 0 aliphatic carbocycles. The van der Waals surface area contributed by atoms with Crippen LogP contribution in [0.2, 0.25) is 0 Å². The first kappa shape index (κ1) is 7.88. The lowest BCUT2D eigenvalue weighted by Gasteiger charge is -2.01. The van der Waals surface area contributed by atoms with E-state index in [0.717, 1.165) is 5.56 Å². The van der Waals surface area contributed by atoms with Gasteiger partial charge in [0.2, 0.25) is 5.75 Å². The second-order valence-electron chi connectivity index (χ2n) is 2.19. The molecule has 3 heteroatoms. The minimum atomic E-state index is -0.115.